The number of thioether (sulfide) groups is 1. The lowest BCUT2D eigenvalue weighted by Crippen LogP contribution is -2.07. The molecule has 0 aliphatic heterocycles. The number of hydrogen-bond donors (Lipinski definition) is 2. The Hall–Kier alpha value is -2.43. The molecule has 0 unspecified atom stereocenters. The van der Waals surface area contributed by atoms with Crippen molar-refractivity contribution in [1.29, 1.82) is 0 Å². The predicted molar refractivity (Wildman–Crippen MR) is 106 cm³/mol. The Labute approximate surface area is 164 Å². The Balaban J connectivity index is 2.23. The molecule has 3 rings (SSSR count). The van der Waals surface area contributed by atoms with Crippen LogP contribution in [-0.4, -0.2) is 48.4 Å². The molecule has 0 aliphatic rings. The van der Waals surface area contributed by atoms with Gasteiger partial charge in [-0.3, -0.25) is 5.32 Å². The van der Waals surface area contributed by atoms with E-state index in [1.54, 1.807) is 25.8 Å². The van der Waals surface area contributed by atoms with Crippen molar-refractivity contribution < 1.29 is 24.1 Å². The van der Waals surface area contributed by atoms with E-state index in [4.69, 9.17) is 19.3 Å². The number of benzene rings is 1. The van der Waals surface area contributed by atoms with Gasteiger partial charge in [0, 0.05) is 12.5 Å². The topological polar surface area (TPSA) is 94.3 Å². The number of carboxylic acid groups (broad SMARTS) is 1. The van der Waals surface area contributed by atoms with E-state index in [0.29, 0.717) is 33.6 Å². The number of thiazole rings is 1. The molecular formula is C17H19N3O5S2. The second-order valence-electron chi connectivity index (χ2n) is 5.46. The van der Waals surface area contributed by atoms with Crippen molar-refractivity contribution in [3.63, 3.8) is 0 Å². The third-order valence-corrected chi connectivity index (χ3v) is 5.49. The molecular weight excluding hydrogens is 390 g/mol. The van der Waals surface area contributed by atoms with Gasteiger partial charge in [-0.25, -0.2) is 9.31 Å². The number of amides is 1. The predicted octanol–water partition coefficient (Wildman–Crippen LogP) is 4.04. The molecule has 27 heavy (non-hydrogen) atoms. The highest BCUT2D eigenvalue weighted by Gasteiger charge is 2.23. The average Bonchev–Trinajstić information content (AvgIpc) is 3.20. The summed E-state index contributed by atoms with van der Waals surface area (Å²) >= 11 is 2.76. The van der Waals surface area contributed by atoms with E-state index in [0.717, 1.165) is 16.8 Å². The monoisotopic (exact) mass is 409 g/mol. The van der Waals surface area contributed by atoms with Crippen LogP contribution in [0.15, 0.2) is 22.5 Å². The third kappa shape index (κ3) is 3.55. The number of nitrogens with zero attached hydrogens (tertiary/aromatic N) is 2. The van der Waals surface area contributed by atoms with Gasteiger partial charge >= 0.3 is 6.09 Å². The van der Waals surface area contributed by atoms with Crippen LogP contribution in [0.25, 0.3) is 16.1 Å². The standard InChI is InChI=1S/C17H19N3O5S2/c1-23-7-9-5-11(24-2)13(12(6-9)25-3)10-8-27-16-14(18-17(21)22)15(26-4)19-20(10)16/h5-6,8,18H,7H2,1-4H3,(H,21,22). The maximum Gasteiger partial charge on any atom is 0.409 e. The number of aromatic nitrogens is 2. The average molecular weight is 409 g/mol. The number of fused-ring (bicyclic) bond motifs is 1. The summed E-state index contributed by atoms with van der Waals surface area (Å²) in [6, 6.07) is 3.78. The van der Waals surface area contributed by atoms with Gasteiger partial charge < -0.3 is 19.3 Å². The van der Waals surface area contributed by atoms with Crippen molar-refractivity contribution in [2.75, 3.05) is 32.9 Å². The van der Waals surface area contributed by atoms with Crippen LogP contribution in [0.3, 0.4) is 0 Å². The molecule has 0 saturated carbocycles. The smallest absolute Gasteiger partial charge is 0.409 e. The Morgan fingerprint density at radius 1 is 1.30 bits per heavy atom. The fraction of sp³-hybridized carbons (Fsp3) is 0.294. The summed E-state index contributed by atoms with van der Waals surface area (Å²) < 4.78 is 18.1. The quantitative estimate of drug-likeness (QED) is 0.569. The van der Waals surface area contributed by atoms with Crippen molar-refractivity contribution in [3.8, 4) is 22.8 Å². The Kier molecular flexibility index (Phi) is 5.78. The zero-order chi connectivity index (χ0) is 19.6. The summed E-state index contributed by atoms with van der Waals surface area (Å²) in [5.41, 5.74) is 2.88. The molecule has 0 saturated heterocycles. The molecule has 2 aromatic heterocycles. The summed E-state index contributed by atoms with van der Waals surface area (Å²) in [4.78, 5) is 11.8. The van der Waals surface area contributed by atoms with E-state index in [2.05, 4.69) is 10.4 Å². The minimum Gasteiger partial charge on any atom is -0.496 e. The van der Waals surface area contributed by atoms with Gasteiger partial charge in [-0.15, -0.1) is 23.1 Å². The lowest BCUT2D eigenvalue weighted by Gasteiger charge is -2.14. The summed E-state index contributed by atoms with van der Waals surface area (Å²) in [7, 11) is 4.80. The summed E-state index contributed by atoms with van der Waals surface area (Å²) in [6.07, 6.45) is 0.717. The highest BCUT2D eigenvalue weighted by molar-refractivity contribution is 7.98. The van der Waals surface area contributed by atoms with Gasteiger partial charge in [0.25, 0.3) is 0 Å². The van der Waals surface area contributed by atoms with Crippen LogP contribution in [0, 0.1) is 0 Å². The molecule has 0 aliphatic carbocycles. The first-order valence-corrected chi connectivity index (χ1v) is 9.92. The van der Waals surface area contributed by atoms with Crippen LogP contribution in [-0.2, 0) is 11.3 Å². The Bertz CT molecular complexity index is 958. The van der Waals surface area contributed by atoms with Crippen LogP contribution >= 0.6 is 23.1 Å². The van der Waals surface area contributed by atoms with Gasteiger partial charge in [-0.05, 0) is 24.0 Å². The van der Waals surface area contributed by atoms with Crippen molar-refractivity contribution in [1.82, 2.24) is 9.61 Å². The van der Waals surface area contributed by atoms with E-state index in [9.17, 15) is 4.79 Å². The van der Waals surface area contributed by atoms with Crippen LogP contribution in [0.5, 0.6) is 11.5 Å². The lowest BCUT2D eigenvalue weighted by molar-refractivity contribution is 0.184. The van der Waals surface area contributed by atoms with E-state index < -0.39 is 6.09 Å². The van der Waals surface area contributed by atoms with Crippen molar-refractivity contribution in [2.24, 2.45) is 0 Å². The maximum atomic E-state index is 11.2. The number of rotatable bonds is 7. The molecule has 2 N–H and O–H groups in total. The molecule has 2 heterocycles. The first-order valence-electron chi connectivity index (χ1n) is 7.82. The molecule has 0 radical (unpaired) electrons. The molecule has 3 aromatic rings. The Morgan fingerprint density at radius 2 is 1.96 bits per heavy atom. The zero-order valence-corrected chi connectivity index (χ0v) is 16.9. The summed E-state index contributed by atoms with van der Waals surface area (Å²) in [5.74, 6) is 1.24. The van der Waals surface area contributed by atoms with Crippen LogP contribution in [0.4, 0.5) is 10.5 Å². The normalized spacial score (nSPS) is 11.0. The van der Waals surface area contributed by atoms with Crippen LogP contribution in [0.1, 0.15) is 5.56 Å². The first-order chi connectivity index (χ1) is 13.0. The lowest BCUT2D eigenvalue weighted by atomic mass is 10.1. The second-order valence-corrected chi connectivity index (χ2v) is 7.11. The van der Waals surface area contributed by atoms with Crippen LogP contribution in [0.2, 0.25) is 0 Å². The number of nitrogens with one attached hydrogen (secondary N) is 1. The maximum absolute atomic E-state index is 11.2. The van der Waals surface area contributed by atoms with E-state index in [1.165, 1.54) is 23.1 Å². The number of anilines is 1. The highest BCUT2D eigenvalue weighted by Crippen LogP contribution is 2.43. The third-order valence-electron chi connectivity index (χ3n) is 3.88. The largest absolute Gasteiger partial charge is 0.496 e. The number of hydrogen-bond acceptors (Lipinski definition) is 7. The first kappa shape index (κ1) is 19.3. The van der Waals surface area contributed by atoms with E-state index in [1.807, 2.05) is 23.8 Å². The number of carbonyl (C=O) groups is 1. The van der Waals surface area contributed by atoms with Crippen LogP contribution < -0.4 is 14.8 Å². The molecule has 1 amide bonds. The number of ether oxygens (including phenoxy) is 3. The summed E-state index contributed by atoms with van der Waals surface area (Å²) in [5, 5.41) is 18.6. The molecule has 8 nitrogen and oxygen atoms in total. The molecule has 144 valence electrons. The molecule has 0 fully saturated rings. The molecule has 1 aromatic carbocycles. The van der Waals surface area contributed by atoms with Gasteiger partial charge in [0.1, 0.15) is 27.0 Å². The molecule has 0 spiro atoms. The van der Waals surface area contributed by atoms with Crippen molar-refractivity contribution in [3.05, 3.63) is 23.1 Å². The molecule has 10 heteroatoms. The van der Waals surface area contributed by atoms with E-state index >= 15 is 0 Å². The highest BCUT2D eigenvalue weighted by atomic mass is 32.2. The van der Waals surface area contributed by atoms with Crippen molar-refractivity contribution in [2.45, 2.75) is 11.6 Å². The van der Waals surface area contributed by atoms with Gasteiger partial charge in [-0.1, -0.05) is 0 Å². The van der Waals surface area contributed by atoms with Gasteiger partial charge in [0.15, 0.2) is 0 Å². The fourth-order valence-electron chi connectivity index (χ4n) is 2.81. The van der Waals surface area contributed by atoms with Crippen molar-refractivity contribution >= 4 is 39.7 Å². The van der Waals surface area contributed by atoms with Gasteiger partial charge in [0.2, 0.25) is 0 Å². The van der Waals surface area contributed by atoms with Gasteiger partial charge in [-0.2, -0.15) is 5.10 Å². The minimum atomic E-state index is -1.13. The zero-order valence-electron chi connectivity index (χ0n) is 15.2. The second kappa shape index (κ2) is 8.07. The minimum absolute atomic E-state index is 0.428. The molecule has 0 bridgehead atoms. The SMILES string of the molecule is COCc1cc(OC)c(-c2csc3c(NC(=O)O)c(SC)nn23)c(OC)c1. The molecule has 0 atom stereocenters. The van der Waals surface area contributed by atoms with Gasteiger partial charge in [0.05, 0.1) is 32.1 Å². The fourth-order valence-corrected chi connectivity index (χ4v) is 4.33. The summed E-state index contributed by atoms with van der Waals surface area (Å²) in [6.45, 7) is 0.428. The Morgan fingerprint density at radius 3 is 2.48 bits per heavy atom. The number of methoxy groups -OCH3 is 3. The van der Waals surface area contributed by atoms with E-state index in [-0.39, 0.29) is 0 Å².